The van der Waals surface area contributed by atoms with Crippen LogP contribution in [0.5, 0.6) is 0 Å². The largest absolute Gasteiger partial charge is 0.393 e. The normalized spacial score (nSPS) is 50.4. The van der Waals surface area contributed by atoms with Crippen LogP contribution in [0, 0.1) is 52.3 Å². The maximum absolute atomic E-state index is 13.2. The van der Waals surface area contributed by atoms with Gasteiger partial charge in [-0.05, 0) is 97.7 Å². The summed E-state index contributed by atoms with van der Waals surface area (Å²) in [5, 5.41) is 10.4. The van der Waals surface area contributed by atoms with E-state index in [1.807, 2.05) is 0 Å². The molecule has 0 spiro atoms. The number of aliphatic hydroxyl groups is 1. The molecule has 10 atom stereocenters. The lowest BCUT2D eigenvalue weighted by Crippen LogP contribution is -2.57. The highest BCUT2D eigenvalue weighted by atomic mass is 16.3. The van der Waals surface area contributed by atoms with E-state index in [2.05, 4.69) is 34.6 Å². The van der Waals surface area contributed by atoms with Crippen molar-refractivity contribution in [2.45, 2.75) is 105 Å². The van der Waals surface area contributed by atoms with E-state index >= 15 is 0 Å². The fourth-order valence-corrected chi connectivity index (χ4v) is 9.09. The Hall–Kier alpha value is -0.370. The molecule has 1 N–H and O–H groups in total. The van der Waals surface area contributed by atoms with E-state index in [1.54, 1.807) is 0 Å². The van der Waals surface area contributed by atoms with E-state index in [1.165, 1.54) is 38.5 Å². The Kier molecular flexibility index (Phi) is 5.52. The highest BCUT2D eigenvalue weighted by Gasteiger charge is 2.62. The van der Waals surface area contributed by atoms with Crippen LogP contribution in [0.25, 0.3) is 0 Å². The second-order valence-electron chi connectivity index (χ2n) is 12.0. The third-order valence-electron chi connectivity index (χ3n) is 10.6. The average molecular weight is 389 g/mol. The van der Waals surface area contributed by atoms with Gasteiger partial charge in [-0.2, -0.15) is 0 Å². The van der Waals surface area contributed by atoms with Gasteiger partial charge < -0.3 is 5.11 Å². The summed E-state index contributed by atoms with van der Waals surface area (Å²) >= 11 is 0. The molecule has 0 bridgehead atoms. The van der Waals surface area contributed by atoms with Gasteiger partial charge in [0.05, 0.1) is 6.10 Å². The summed E-state index contributed by atoms with van der Waals surface area (Å²) in [5.74, 6) is 5.21. The van der Waals surface area contributed by atoms with Crippen molar-refractivity contribution in [3.8, 4) is 0 Å². The molecule has 0 aromatic carbocycles. The molecule has 2 nitrogen and oxygen atoms in total. The third kappa shape index (κ3) is 3.12. The van der Waals surface area contributed by atoms with Crippen molar-refractivity contribution in [1.29, 1.82) is 0 Å². The Labute approximate surface area is 173 Å². The molecule has 2 heteroatoms. The number of hydrogen-bond donors (Lipinski definition) is 1. The van der Waals surface area contributed by atoms with E-state index in [9.17, 15) is 9.90 Å². The number of fused-ring (bicyclic) bond motifs is 5. The maximum atomic E-state index is 13.2. The molecule has 0 aromatic rings. The molecule has 28 heavy (non-hydrogen) atoms. The molecule has 4 aliphatic rings. The van der Waals surface area contributed by atoms with Gasteiger partial charge in [0.1, 0.15) is 5.78 Å². The van der Waals surface area contributed by atoms with Crippen LogP contribution in [0.2, 0.25) is 0 Å². The minimum absolute atomic E-state index is 0.0550. The van der Waals surface area contributed by atoms with Gasteiger partial charge in [-0.25, -0.2) is 0 Å². The molecule has 4 fully saturated rings. The van der Waals surface area contributed by atoms with Crippen LogP contribution in [0.4, 0.5) is 0 Å². The average Bonchev–Trinajstić information content (AvgIpc) is 2.98. The lowest BCUT2D eigenvalue weighted by Gasteiger charge is -2.60. The fourth-order valence-electron chi connectivity index (χ4n) is 9.09. The summed E-state index contributed by atoms with van der Waals surface area (Å²) in [6.07, 6.45) is 11.3. The van der Waals surface area contributed by atoms with Gasteiger partial charge >= 0.3 is 0 Å². The van der Waals surface area contributed by atoms with Crippen molar-refractivity contribution in [2.75, 3.05) is 0 Å². The Morgan fingerprint density at radius 1 is 1.04 bits per heavy atom. The summed E-state index contributed by atoms with van der Waals surface area (Å²) in [5.41, 5.74) is 0.490. The minimum atomic E-state index is -0.187. The zero-order valence-corrected chi connectivity index (χ0v) is 19.0. The Bertz CT molecular complexity index is 599. The predicted octanol–water partition coefficient (Wildman–Crippen LogP) is 6.26. The van der Waals surface area contributed by atoms with Crippen LogP contribution in [0.3, 0.4) is 0 Å². The predicted molar refractivity (Wildman–Crippen MR) is 115 cm³/mol. The monoisotopic (exact) mass is 388 g/mol. The van der Waals surface area contributed by atoms with Crippen molar-refractivity contribution < 1.29 is 9.90 Å². The number of carbonyl (C=O) groups is 1. The molecule has 0 amide bonds. The highest BCUT2D eigenvalue weighted by molar-refractivity contribution is 5.83. The summed E-state index contributed by atoms with van der Waals surface area (Å²) in [6.45, 7) is 12.2. The fraction of sp³-hybridized carbons (Fsp3) is 0.962. The first-order valence-electron chi connectivity index (χ1n) is 12.4. The molecule has 1 unspecified atom stereocenters. The molecule has 4 saturated carbocycles. The van der Waals surface area contributed by atoms with E-state index in [0.717, 1.165) is 49.4 Å². The molecule has 4 aliphatic carbocycles. The van der Waals surface area contributed by atoms with Gasteiger partial charge in [-0.15, -0.1) is 0 Å². The molecule has 0 saturated heterocycles. The first-order chi connectivity index (χ1) is 13.2. The first-order valence-corrected chi connectivity index (χ1v) is 12.4. The summed E-state index contributed by atoms with van der Waals surface area (Å²) in [7, 11) is 0. The highest BCUT2D eigenvalue weighted by Crippen LogP contribution is 2.67. The standard InChI is InChI=1S/C26H44O2/c1-6-16(2)13-17(3)20-9-10-21-19-14-24(28)23-8-7-18(27)15-26(23,5)22(19)11-12-25(20,21)4/h16-23,27H,6-15H2,1-5H3/t16?,17-,18+,19+,20-,21+,22+,23-,25-,26-/m1/s1. The first kappa shape index (κ1) is 20.9. The van der Waals surface area contributed by atoms with E-state index in [4.69, 9.17) is 0 Å². The number of aliphatic hydroxyl groups excluding tert-OH is 1. The van der Waals surface area contributed by atoms with Gasteiger partial charge in [0.2, 0.25) is 0 Å². The van der Waals surface area contributed by atoms with Crippen molar-refractivity contribution in [2.24, 2.45) is 52.3 Å². The van der Waals surface area contributed by atoms with Gasteiger partial charge in [0.25, 0.3) is 0 Å². The molecular formula is C26H44O2. The van der Waals surface area contributed by atoms with Crippen LogP contribution >= 0.6 is 0 Å². The molecule has 4 rings (SSSR count). The van der Waals surface area contributed by atoms with Crippen molar-refractivity contribution in [3.05, 3.63) is 0 Å². The van der Waals surface area contributed by atoms with Crippen LogP contribution in [-0.2, 0) is 4.79 Å². The summed E-state index contributed by atoms with van der Waals surface area (Å²) < 4.78 is 0. The lowest BCUT2D eigenvalue weighted by atomic mass is 9.44. The number of ketones is 1. The third-order valence-corrected chi connectivity index (χ3v) is 10.6. The van der Waals surface area contributed by atoms with Crippen molar-refractivity contribution in [3.63, 3.8) is 0 Å². The number of hydrogen-bond acceptors (Lipinski definition) is 2. The maximum Gasteiger partial charge on any atom is 0.136 e. The van der Waals surface area contributed by atoms with Crippen LogP contribution in [-0.4, -0.2) is 17.0 Å². The van der Waals surface area contributed by atoms with Gasteiger partial charge in [0, 0.05) is 12.3 Å². The Morgan fingerprint density at radius 3 is 2.46 bits per heavy atom. The van der Waals surface area contributed by atoms with E-state index in [0.29, 0.717) is 23.0 Å². The number of Topliss-reactive ketones (excluding diaryl/α,β-unsaturated/α-hetero) is 1. The summed E-state index contributed by atoms with van der Waals surface area (Å²) in [6, 6.07) is 0. The minimum Gasteiger partial charge on any atom is -0.393 e. The van der Waals surface area contributed by atoms with Gasteiger partial charge in [-0.3, -0.25) is 4.79 Å². The van der Waals surface area contributed by atoms with E-state index < -0.39 is 0 Å². The molecule has 0 aromatic heterocycles. The zero-order chi connectivity index (χ0) is 20.3. The molecule has 0 heterocycles. The topological polar surface area (TPSA) is 37.3 Å². The molecule has 0 aliphatic heterocycles. The quantitative estimate of drug-likeness (QED) is 0.617. The van der Waals surface area contributed by atoms with Crippen LogP contribution in [0.1, 0.15) is 98.8 Å². The smallest absolute Gasteiger partial charge is 0.136 e. The molecule has 160 valence electrons. The SMILES string of the molecule is CCC(C)C[C@@H](C)[C@H]1CC[C@H]2[C@@H]3CC(=O)[C@H]4CC[C@H](O)C[C@]4(C)[C@H]3CC[C@]12C. The van der Waals surface area contributed by atoms with Gasteiger partial charge in [0.15, 0.2) is 0 Å². The Balaban J connectivity index is 1.57. The second kappa shape index (κ2) is 7.40. The van der Waals surface area contributed by atoms with Crippen LogP contribution < -0.4 is 0 Å². The van der Waals surface area contributed by atoms with Crippen molar-refractivity contribution >= 4 is 5.78 Å². The zero-order valence-electron chi connectivity index (χ0n) is 19.0. The van der Waals surface area contributed by atoms with Crippen molar-refractivity contribution in [1.82, 2.24) is 0 Å². The summed E-state index contributed by atoms with van der Waals surface area (Å²) in [4.78, 5) is 13.2. The van der Waals surface area contributed by atoms with Crippen LogP contribution in [0.15, 0.2) is 0 Å². The number of rotatable bonds is 4. The van der Waals surface area contributed by atoms with E-state index in [-0.39, 0.29) is 17.4 Å². The Morgan fingerprint density at radius 2 is 1.75 bits per heavy atom. The molecule has 0 radical (unpaired) electrons. The van der Waals surface area contributed by atoms with Gasteiger partial charge in [-0.1, -0.05) is 41.0 Å². The number of carbonyl (C=O) groups excluding carboxylic acids is 1. The lowest BCUT2D eigenvalue weighted by molar-refractivity contribution is -0.160. The molecular weight excluding hydrogens is 344 g/mol. The second-order valence-corrected chi connectivity index (χ2v) is 12.0.